The van der Waals surface area contributed by atoms with Crippen molar-refractivity contribution in [3.8, 4) is 6.07 Å². The predicted molar refractivity (Wildman–Crippen MR) is 79.4 cm³/mol. The number of carboxylic acids is 1. The largest absolute Gasteiger partial charge is 0.478 e. The minimum atomic E-state index is -1.22. The molecule has 0 aliphatic rings. The summed E-state index contributed by atoms with van der Waals surface area (Å²) in [6, 6.07) is 6.66. The highest BCUT2D eigenvalue weighted by Crippen LogP contribution is 2.20. The third-order valence-corrected chi connectivity index (χ3v) is 3.38. The number of benzene rings is 1. The number of aryl methyl sites for hydroxylation is 1. The van der Waals surface area contributed by atoms with Gasteiger partial charge in [0.2, 0.25) is 0 Å². The van der Waals surface area contributed by atoms with Crippen LogP contribution in [0.2, 0.25) is 0 Å². The zero-order valence-electron chi connectivity index (χ0n) is 12.1. The lowest BCUT2D eigenvalue weighted by Gasteiger charge is -2.06. The number of nitriles is 1. The molecule has 0 unspecified atom stereocenters. The van der Waals surface area contributed by atoms with E-state index in [1.165, 1.54) is 16.9 Å². The number of nitrogens with zero attached hydrogens (tertiary/aromatic N) is 4. The molecular formula is C16H11FN4O2. The standard InChI is InChI=1S/C16H11FN4O2/c1-9-2-11-3-10(4-13(17)15(11)19-6-9)7-21-8-12(16(22)23)14(5-18)20-21/h2-4,6,8H,7H2,1H3,(H,22,23). The summed E-state index contributed by atoms with van der Waals surface area (Å²) in [5.74, 6) is -1.68. The number of rotatable bonds is 3. The SMILES string of the molecule is Cc1cnc2c(F)cc(Cn3cc(C(=O)O)c(C#N)n3)cc2c1. The van der Waals surface area contributed by atoms with Crippen molar-refractivity contribution in [2.45, 2.75) is 13.5 Å². The molecule has 0 saturated heterocycles. The molecule has 2 heterocycles. The highest BCUT2D eigenvalue weighted by Gasteiger charge is 2.15. The maximum Gasteiger partial charge on any atom is 0.340 e. The zero-order valence-corrected chi connectivity index (χ0v) is 12.1. The van der Waals surface area contributed by atoms with Gasteiger partial charge in [0, 0.05) is 17.8 Å². The Labute approximate surface area is 130 Å². The van der Waals surface area contributed by atoms with Gasteiger partial charge in [-0.15, -0.1) is 0 Å². The molecule has 0 saturated carbocycles. The summed E-state index contributed by atoms with van der Waals surface area (Å²) >= 11 is 0. The molecular weight excluding hydrogens is 299 g/mol. The normalized spacial score (nSPS) is 10.7. The number of halogens is 1. The minimum absolute atomic E-state index is 0.156. The highest BCUT2D eigenvalue weighted by molar-refractivity contribution is 5.89. The molecule has 3 rings (SSSR count). The van der Waals surface area contributed by atoms with Gasteiger partial charge >= 0.3 is 5.97 Å². The Morgan fingerprint density at radius 1 is 1.43 bits per heavy atom. The number of hydrogen-bond donors (Lipinski definition) is 1. The van der Waals surface area contributed by atoms with Crippen molar-refractivity contribution >= 4 is 16.9 Å². The first-order valence-corrected chi connectivity index (χ1v) is 6.73. The van der Waals surface area contributed by atoms with Crippen molar-refractivity contribution < 1.29 is 14.3 Å². The minimum Gasteiger partial charge on any atom is -0.478 e. The summed E-state index contributed by atoms with van der Waals surface area (Å²) in [5, 5.41) is 22.5. The van der Waals surface area contributed by atoms with Crippen LogP contribution in [0.5, 0.6) is 0 Å². The summed E-state index contributed by atoms with van der Waals surface area (Å²) < 4.78 is 15.4. The Balaban J connectivity index is 2.02. The van der Waals surface area contributed by atoms with Gasteiger partial charge in [-0.05, 0) is 36.2 Å². The second-order valence-electron chi connectivity index (χ2n) is 5.17. The molecule has 0 bridgehead atoms. The van der Waals surface area contributed by atoms with E-state index < -0.39 is 11.8 Å². The summed E-state index contributed by atoms with van der Waals surface area (Å²) in [5.41, 5.74) is 1.45. The topological polar surface area (TPSA) is 91.8 Å². The van der Waals surface area contributed by atoms with Gasteiger partial charge in [0.25, 0.3) is 0 Å². The van der Waals surface area contributed by atoms with Gasteiger partial charge in [-0.1, -0.05) is 0 Å². The summed E-state index contributed by atoms with van der Waals surface area (Å²) in [4.78, 5) is 15.1. The number of carboxylic acid groups (broad SMARTS) is 1. The average molecular weight is 310 g/mol. The van der Waals surface area contributed by atoms with Gasteiger partial charge < -0.3 is 5.11 Å². The molecule has 2 aromatic heterocycles. The molecule has 1 N–H and O–H groups in total. The Hall–Kier alpha value is -3.27. The number of carbonyl (C=O) groups is 1. The quantitative estimate of drug-likeness (QED) is 0.802. The molecule has 114 valence electrons. The van der Waals surface area contributed by atoms with Crippen LogP contribution in [0.15, 0.2) is 30.6 Å². The number of aromatic carboxylic acids is 1. The van der Waals surface area contributed by atoms with Crippen molar-refractivity contribution in [3.63, 3.8) is 0 Å². The smallest absolute Gasteiger partial charge is 0.340 e. The molecule has 6 nitrogen and oxygen atoms in total. The maximum absolute atomic E-state index is 14.1. The molecule has 0 radical (unpaired) electrons. The van der Waals surface area contributed by atoms with Crippen LogP contribution >= 0.6 is 0 Å². The zero-order chi connectivity index (χ0) is 16.6. The number of fused-ring (bicyclic) bond motifs is 1. The second kappa shape index (κ2) is 5.50. The van der Waals surface area contributed by atoms with Crippen molar-refractivity contribution in [1.82, 2.24) is 14.8 Å². The van der Waals surface area contributed by atoms with Crippen molar-refractivity contribution in [3.05, 3.63) is 58.8 Å². The van der Waals surface area contributed by atoms with Crippen LogP contribution in [0, 0.1) is 24.1 Å². The molecule has 7 heteroatoms. The fourth-order valence-corrected chi connectivity index (χ4v) is 2.39. The van der Waals surface area contributed by atoms with Crippen LogP contribution < -0.4 is 0 Å². The van der Waals surface area contributed by atoms with E-state index in [0.717, 1.165) is 5.56 Å². The van der Waals surface area contributed by atoms with Gasteiger partial charge in [-0.3, -0.25) is 9.67 Å². The van der Waals surface area contributed by atoms with E-state index in [1.54, 1.807) is 18.3 Å². The Morgan fingerprint density at radius 2 is 2.22 bits per heavy atom. The summed E-state index contributed by atoms with van der Waals surface area (Å²) in [6.07, 6.45) is 2.86. The molecule has 0 fully saturated rings. The van der Waals surface area contributed by atoms with Gasteiger partial charge in [0.05, 0.1) is 6.54 Å². The van der Waals surface area contributed by atoms with E-state index in [4.69, 9.17) is 10.4 Å². The summed E-state index contributed by atoms with van der Waals surface area (Å²) in [7, 11) is 0. The van der Waals surface area contributed by atoms with Gasteiger partial charge in [0.1, 0.15) is 23.0 Å². The van der Waals surface area contributed by atoms with E-state index in [-0.39, 0.29) is 23.3 Å². The number of aromatic nitrogens is 3. The molecule has 0 atom stereocenters. The van der Waals surface area contributed by atoms with Crippen molar-refractivity contribution in [2.24, 2.45) is 0 Å². The first-order chi connectivity index (χ1) is 11.0. The molecule has 3 aromatic rings. The van der Waals surface area contributed by atoms with Gasteiger partial charge in [-0.2, -0.15) is 10.4 Å². The van der Waals surface area contributed by atoms with Crippen LogP contribution in [0.3, 0.4) is 0 Å². The number of pyridine rings is 1. The van der Waals surface area contributed by atoms with Crippen molar-refractivity contribution in [1.29, 1.82) is 5.26 Å². The summed E-state index contributed by atoms with van der Waals surface area (Å²) in [6.45, 7) is 2.02. The Morgan fingerprint density at radius 3 is 2.87 bits per heavy atom. The van der Waals surface area contributed by atoms with Crippen LogP contribution in [0.4, 0.5) is 4.39 Å². The average Bonchev–Trinajstić information content (AvgIpc) is 2.90. The van der Waals surface area contributed by atoms with E-state index in [1.807, 2.05) is 13.0 Å². The monoisotopic (exact) mass is 310 g/mol. The van der Waals surface area contributed by atoms with E-state index in [9.17, 15) is 9.18 Å². The van der Waals surface area contributed by atoms with Gasteiger partial charge in [-0.25, -0.2) is 9.18 Å². The first kappa shape index (κ1) is 14.7. The van der Waals surface area contributed by atoms with Crippen molar-refractivity contribution in [2.75, 3.05) is 0 Å². The molecule has 0 aliphatic carbocycles. The van der Waals surface area contributed by atoms with E-state index in [2.05, 4.69) is 10.1 Å². The molecule has 0 amide bonds. The first-order valence-electron chi connectivity index (χ1n) is 6.73. The maximum atomic E-state index is 14.1. The van der Waals surface area contributed by atoms with Gasteiger partial charge in [0.15, 0.2) is 5.69 Å². The molecule has 0 spiro atoms. The lowest BCUT2D eigenvalue weighted by Crippen LogP contribution is -2.02. The fraction of sp³-hybridized carbons (Fsp3) is 0.125. The Bertz CT molecular complexity index is 972. The van der Waals surface area contributed by atoms with Crippen LogP contribution in [0.1, 0.15) is 27.2 Å². The fourth-order valence-electron chi connectivity index (χ4n) is 2.39. The van der Waals surface area contributed by atoms with Crippen LogP contribution in [-0.2, 0) is 6.54 Å². The third kappa shape index (κ3) is 2.74. The Kier molecular flexibility index (Phi) is 3.50. The van der Waals surface area contributed by atoms with E-state index >= 15 is 0 Å². The lowest BCUT2D eigenvalue weighted by molar-refractivity contribution is 0.0696. The third-order valence-electron chi connectivity index (χ3n) is 3.38. The van der Waals surface area contributed by atoms with Crippen LogP contribution in [-0.4, -0.2) is 25.8 Å². The molecule has 23 heavy (non-hydrogen) atoms. The molecule has 1 aromatic carbocycles. The second-order valence-corrected chi connectivity index (χ2v) is 5.17. The highest BCUT2D eigenvalue weighted by atomic mass is 19.1. The van der Waals surface area contributed by atoms with E-state index in [0.29, 0.717) is 10.9 Å². The predicted octanol–water partition coefficient (Wildman–Crippen LogP) is 2.50. The number of hydrogen-bond acceptors (Lipinski definition) is 4. The molecule has 0 aliphatic heterocycles. The van der Waals surface area contributed by atoms with Crippen LogP contribution in [0.25, 0.3) is 10.9 Å². The lowest BCUT2D eigenvalue weighted by atomic mass is 10.1.